The van der Waals surface area contributed by atoms with E-state index < -0.39 is 0 Å². The Bertz CT molecular complexity index is 817. The molecule has 1 fully saturated rings. The van der Waals surface area contributed by atoms with Gasteiger partial charge >= 0.3 is 0 Å². The Kier molecular flexibility index (Phi) is 3.93. The summed E-state index contributed by atoms with van der Waals surface area (Å²) in [7, 11) is 0. The molecule has 0 unspecified atom stereocenters. The van der Waals surface area contributed by atoms with Gasteiger partial charge in [0.05, 0.1) is 35.9 Å². The van der Waals surface area contributed by atoms with Crippen molar-refractivity contribution in [2.24, 2.45) is 10.7 Å². The van der Waals surface area contributed by atoms with E-state index in [2.05, 4.69) is 25.1 Å². The zero-order valence-corrected chi connectivity index (χ0v) is 13.7. The van der Waals surface area contributed by atoms with Gasteiger partial charge in [-0.1, -0.05) is 0 Å². The number of carbonyl (C=O) groups is 1. The number of anilines is 2. The zero-order chi connectivity index (χ0) is 17.2. The Hall–Kier alpha value is -3.16. The van der Waals surface area contributed by atoms with Gasteiger partial charge in [-0.2, -0.15) is 5.10 Å². The largest absolute Gasteiger partial charge is 0.400 e. The third-order valence-electron chi connectivity index (χ3n) is 4.45. The van der Waals surface area contributed by atoms with Gasteiger partial charge in [-0.05, 0) is 25.0 Å². The third kappa shape index (κ3) is 2.98. The van der Waals surface area contributed by atoms with E-state index in [4.69, 9.17) is 5.73 Å². The number of aromatic nitrogens is 3. The molecule has 3 N–H and O–H groups in total. The molecule has 1 saturated heterocycles. The van der Waals surface area contributed by atoms with E-state index in [1.165, 1.54) is 19.1 Å². The Morgan fingerprint density at radius 1 is 1.24 bits per heavy atom. The van der Waals surface area contributed by atoms with Crippen LogP contribution in [0.15, 0.2) is 47.0 Å². The van der Waals surface area contributed by atoms with Crippen LogP contribution in [-0.2, 0) is 4.79 Å². The highest BCUT2D eigenvalue weighted by atomic mass is 16.2. The van der Waals surface area contributed by atoms with Crippen LogP contribution in [0, 0.1) is 0 Å². The van der Waals surface area contributed by atoms with E-state index in [1.807, 2.05) is 12.1 Å². The molecule has 0 atom stereocenters. The van der Waals surface area contributed by atoms with Crippen LogP contribution < -0.4 is 15.5 Å². The van der Waals surface area contributed by atoms with E-state index >= 15 is 0 Å². The average molecular weight is 337 g/mol. The van der Waals surface area contributed by atoms with Crippen LogP contribution in [0.3, 0.4) is 0 Å². The number of hydrogen-bond donors (Lipinski definition) is 2. The predicted octanol–water partition coefficient (Wildman–Crippen LogP) is 1.37. The van der Waals surface area contributed by atoms with Crippen molar-refractivity contribution in [3.63, 3.8) is 0 Å². The van der Waals surface area contributed by atoms with Crippen molar-refractivity contribution in [2.45, 2.75) is 12.8 Å². The summed E-state index contributed by atoms with van der Waals surface area (Å²) in [6.07, 6.45) is 8.91. The van der Waals surface area contributed by atoms with Gasteiger partial charge in [0.2, 0.25) is 0 Å². The number of H-pyrrole nitrogens is 1. The first-order chi connectivity index (χ1) is 12.2. The van der Waals surface area contributed by atoms with E-state index in [0.29, 0.717) is 29.2 Å². The number of carbonyl (C=O) groups excluding carboxylic acids is 1. The first-order valence-corrected chi connectivity index (χ1v) is 8.27. The summed E-state index contributed by atoms with van der Waals surface area (Å²) in [5.74, 6) is 0.794. The molecule has 128 valence electrons. The highest BCUT2D eigenvalue weighted by Crippen LogP contribution is 2.23. The van der Waals surface area contributed by atoms with E-state index in [0.717, 1.165) is 18.9 Å². The highest BCUT2D eigenvalue weighted by molar-refractivity contribution is 6.22. The smallest absolute Gasteiger partial charge is 0.262 e. The van der Waals surface area contributed by atoms with Crippen LogP contribution >= 0.6 is 0 Å². The molecule has 4 heterocycles. The first-order valence-electron chi connectivity index (χ1n) is 8.27. The minimum Gasteiger partial charge on any atom is -0.400 e. The monoisotopic (exact) mass is 337 g/mol. The molecule has 0 bridgehead atoms. The van der Waals surface area contributed by atoms with Gasteiger partial charge in [-0.25, -0.2) is 4.98 Å². The topological polar surface area (TPSA) is 104 Å². The summed E-state index contributed by atoms with van der Waals surface area (Å²) >= 11 is 0. The second-order valence-electron chi connectivity index (χ2n) is 6.11. The molecule has 1 amide bonds. The summed E-state index contributed by atoms with van der Waals surface area (Å²) in [4.78, 5) is 25.1. The molecule has 2 aromatic rings. The van der Waals surface area contributed by atoms with Crippen LogP contribution in [0.4, 0.5) is 17.2 Å². The molecule has 0 saturated carbocycles. The van der Waals surface area contributed by atoms with E-state index in [-0.39, 0.29) is 5.91 Å². The van der Waals surface area contributed by atoms with Crippen LogP contribution in [0.25, 0.3) is 0 Å². The molecule has 0 spiro atoms. The maximum atomic E-state index is 12.5. The fraction of sp³-hybridized carbons (Fsp3) is 0.294. The van der Waals surface area contributed by atoms with Crippen molar-refractivity contribution < 1.29 is 4.79 Å². The molecule has 8 heteroatoms. The summed E-state index contributed by atoms with van der Waals surface area (Å²) < 4.78 is 0. The molecular formula is C17H19N7O. The summed E-state index contributed by atoms with van der Waals surface area (Å²) in [6.45, 7) is 2.45. The minimum atomic E-state index is -0.177. The fourth-order valence-electron chi connectivity index (χ4n) is 3.08. The standard InChI is InChI=1S/C17H19N7O/c18-15-11-24(13-8-21-22-9-13)17(25)14(15)10-19-12-3-4-16(20-7-12)23-5-1-2-6-23/h3-4,7-10H,1-2,5-6,11,18H2,(H,21,22). The second-order valence-corrected chi connectivity index (χ2v) is 6.11. The van der Waals surface area contributed by atoms with Gasteiger partial charge in [-0.3, -0.25) is 19.8 Å². The molecule has 2 aromatic heterocycles. The van der Waals surface area contributed by atoms with Crippen molar-refractivity contribution in [2.75, 3.05) is 29.4 Å². The predicted molar refractivity (Wildman–Crippen MR) is 96.0 cm³/mol. The van der Waals surface area contributed by atoms with Gasteiger partial charge in [-0.15, -0.1) is 0 Å². The second kappa shape index (κ2) is 6.39. The van der Waals surface area contributed by atoms with Gasteiger partial charge in [0.1, 0.15) is 5.82 Å². The number of nitrogens with two attached hydrogens (primary N) is 1. The average Bonchev–Trinajstić information content (AvgIpc) is 3.36. The SMILES string of the molecule is NC1=C(C=Nc2ccc(N3CCCC3)nc2)C(=O)N(c2cn[nH]c2)C1. The normalized spacial score (nSPS) is 18.2. The van der Waals surface area contributed by atoms with Gasteiger partial charge < -0.3 is 10.6 Å². The van der Waals surface area contributed by atoms with Crippen molar-refractivity contribution in [1.82, 2.24) is 15.2 Å². The molecule has 0 radical (unpaired) electrons. The van der Waals surface area contributed by atoms with Gasteiger partial charge in [0.25, 0.3) is 5.91 Å². The summed E-state index contributed by atoms with van der Waals surface area (Å²) in [5, 5.41) is 6.56. The van der Waals surface area contributed by atoms with Crippen LogP contribution in [-0.4, -0.2) is 46.9 Å². The van der Waals surface area contributed by atoms with Crippen molar-refractivity contribution in [3.8, 4) is 0 Å². The van der Waals surface area contributed by atoms with E-state index in [1.54, 1.807) is 23.5 Å². The molecule has 8 nitrogen and oxygen atoms in total. The van der Waals surface area contributed by atoms with Crippen LogP contribution in [0.5, 0.6) is 0 Å². The molecule has 0 aromatic carbocycles. The van der Waals surface area contributed by atoms with Gasteiger partial charge in [0, 0.05) is 31.2 Å². The number of rotatable bonds is 4. The lowest BCUT2D eigenvalue weighted by Gasteiger charge is -2.15. The number of amides is 1. The zero-order valence-electron chi connectivity index (χ0n) is 13.7. The maximum absolute atomic E-state index is 12.5. The summed E-state index contributed by atoms with van der Waals surface area (Å²) in [5.41, 5.74) is 8.29. The molecular weight excluding hydrogens is 318 g/mol. The first kappa shape index (κ1) is 15.4. The lowest BCUT2D eigenvalue weighted by molar-refractivity contribution is -0.114. The Labute approximate surface area is 145 Å². The molecule has 0 aliphatic carbocycles. The number of nitrogens with zero attached hydrogens (tertiary/aromatic N) is 5. The highest BCUT2D eigenvalue weighted by Gasteiger charge is 2.29. The summed E-state index contributed by atoms with van der Waals surface area (Å²) in [6, 6.07) is 3.87. The molecule has 2 aliphatic heterocycles. The minimum absolute atomic E-state index is 0.177. The Balaban J connectivity index is 1.47. The molecule has 4 rings (SSSR count). The maximum Gasteiger partial charge on any atom is 0.262 e. The Morgan fingerprint density at radius 2 is 2.08 bits per heavy atom. The van der Waals surface area contributed by atoms with Crippen LogP contribution in [0.2, 0.25) is 0 Å². The quantitative estimate of drug-likeness (QED) is 0.820. The molecule has 2 aliphatic rings. The number of nitrogens with one attached hydrogen (secondary N) is 1. The van der Waals surface area contributed by atoms with Gasteiger partial charge in [0.15, 0.2) is 0 Å². The Morgan fingerprint density at radius 3 is 2.76 bits per heavy atom. The lowest BCUT2D eigenvalue weighted by atomic mass is 10.2. The van der Waals surface area contributed by atoms with Crippen molar-refractivity contribution in [3.05, 3.63) is 42.0 Å². The van der Waals surface area contributed by atoms with Crippen LogP contribution in [0.1, 0.15) is 12.8 Å². The molecule has 25 heavy (non-hydrogen) atoms. The third-order valence-corrected chi connectivity index (χ3v) is 4.45. The number of aromatic amines is 1. The van der Waals surface area contributed by atoms with Crippen molar-refractivity contribution >= 4 is 29.3 Å². The number of hydrogen-bond acceptors (Lipinski definition) is 6. The number of pyridine rings is 1. The lowest BCUT2D eigenvalue weighted by Crippen LogP contribution is -2.27. The fourth-order valence-corrected chi connectivity index (χ4v) is 3.08. The van der Waals surface area contributed by atoms with E-state index in [9.17, 15) is 4.79 Å². The number of aliphatic imine (C=N–C) groups is 1. The van der Waals surface area contributed by atoms with Crippen molar-refractivity contribution in [1.29, 1.82) is 0 Å².